The molecule has 1 aliphatic rings. The normalized spacial score (nSPS) is 12.9. The van der Waals surface area contributed by atoms with Gasteiger partial charge in [-0.05, 0) is 35.4 Å². The Morgan fingerprint density at radius 1 is 1.19 bits per heavy atom. The quantitative estimate of drug-likeness (QED) is 0.756. The molecule has 2 aromatic carbocycles. The van der Waals surface area contributed by atoms with E-state index in [1.165, 1.54) is 12.1 Å². The summed E-state index contributed by atoms with van der Waals surface area (Å²) in [7, 11) is 0. The first-order valence-electron chi connectivity index (χ1n) is 6.58. The molecule has 2 nitrogen and oxygen atoms in total. The topological polar surface area (TPSA) is 18.5 Å². The monoisotopic (exact) mass is 326 g/mol. The average molecular weight is 327 g/mol. The molecule has 0 saturated carbocycles. The molecule has 0 radical (unpaired) electrons. The second-order valence-electron chi connectivity index (χ2n) is 4.87. The van der Waals surface area contributed by atoms with Gasteiger partial charge in [0.05, 0.1) is 6.61 Å². The number of alkyl halides is 1. The number of rotatable bonds is 4. The van der Waals surface area contributed by atoms with Gasteiger partial charge in [0.1, 0.15) is 23.9 Å². The zero-order chi connectivity index (χ0) is 14.8. The standard InChI is InChI=1S/C16H13Cl2FO2/c17-8-10-3-14(19)7-15(4-10)21-9-12-6-13(18)5-11-1-2-20-16(11)12/h3-7H,1-2,8-9H2. The maximum absolute atomic E-state index is 13.4. The number of hydrogen-bond donors (Lipinski definition) is 0. The number of ether oxygens (including phenoxy) is 2. The molecule has 0 unspecified atom stereocenters. The molecule has 0 atom stereocenters. The van der Waals surface area contributed by atoms with Crippen LogP contribution in [0.3, 0.4) is 0 Å². The molecule has 0 amide bonds. The fourth-order valence-electron chi connectivity index (χ4n) is 2.40. The van der Waals surface area contributed by atoms with E-state index in [1.807, 2.05) is 12.1 Å². The zero-order valence-electron chi connectivity index (χ0n) is 11.2. The average Bonchev–Trinajstić information content (AvgIpc) is 2.92. The van der Waals surface area contributed by atoms with Crippen LogP contribution in [0, 0.1) is 5.82 Å². The van der Waals surface area contributed by atoms with Gasteiger partial charge in [0, 0.05) is 29.0 Å². The van der Waals surface area contributed by atoms with Crippen molar-refractivity contribution in [3.05, 3.63) is 57.9 Å². The number of halogens is 3. The van der Waals surface area contributed by atoms with Crippen LogP contribution in [0.4, 0.5) is 4.39 Å². The summed E-state index contributed by atoms with van der Waals surface area (Å²) >= 11 is 11.8. The van der Waals surface area contributed by atoms with Crippen molar-refractivity contribution in [2.45, 2.75) is 18.9 Å². The Labute approximate surface area is 132 Å². The first-order valence-corrected chi connectivity index (χ1v) is 7.49. The van der Waals surface area contributed by atoms with Gasteiger partial charge in [-0.1, -0.05) is 11.6 Å². The van der Waals surface area contributed by atoms with Crippen LogP contribution in [0.1, 0.15) is 16.7 Å². The molecular formula is C16H13Cl2FO2. The Kier molecular flexibility index (Phi) is 4.22. The second kappa shape index (κ2) is 6.12. The van der Waals surface area contributed by atoms with Crippen LogP contribution in [0.25, 0.3) is 0 Å². The predicted octanol–water partition coefficient (Wildman–Crippen LogP) is 4.73. The van der Waals surface area contributed by atoms with Crippen molar-refractivity contribution < 1.29 is 13.9 Å². The van der Waals surface area contributed by atoms with Crippen LogP contribution in [0.15, 0.2) is 30.3 Å². The lowest BCUT2D eigenvalue weighted by Crippen LogP contribution is -1.99. The Morgan fingerprint density at radius 2 is 2.05 bits per heavy atom. The van der Waals surface area contributed by atoms with Gasteiger partial charge in [0.25, 0.3) is 0 Å². The number of fused-ring (bicyclic) bond motifs is 1. The molecule has 0 aliphatic carbocycles. The minimum Gasteiger partial charge on any atom is -0.493 e. The van der Waals surface area contributed by atoms with Crippen molar-refractivity contribution in [2.24, 2.45) is 0 Å². The first-order chi connectivity index (χ1) is 10.2. The molecule has 1 aliphatic heterocycles. The molecule has 0 aromatic heterocycles. The van der Waals surface area contributed by atoms with E-state index >= 15 is 0 Å². The molecule has 3 rings (SSSR count). The van der Waals surface area contributed by atoms with E-state index in [0.29, 0.717) is 22.9 Å². The van der Waals surface area contributed by atoms with Crippen LogP contribution in [-0.2, 0) is 18.9 Å². The molecule has 0 saturated heterocycles. The van der Waals surface area contributed by atoms with Crippen molar-refractivity contribution in [3.63, 3.8) is 0 Å². The summed E-state index contributed by atoms with van der Waals surface area (Å²) in [5.41, 5.74) is 2.63. The summed E-state index contributed by atoms with van der Waals surface area (Å²) < 4.78 is 24.7. The van der Waals surface area contributed by atoms with Gasteiger partial charge >= 0.3 is 0 Å². The van der Waals surface area contributed by atoms with E-state index in [4.69, 9.17) is 32.7 Å². The molecule has 21 heavy (non-hydrogen) atoms. The van der Waals surface area contributed by atoms with Crippen molar-refractivity contribution in [3.8, 4) is 11.5 Å². The van der Waals surface area contributed by atoms with Gasteiger partial charge in [0.15, 0.2) is 0 Å². The van der Waals surface area contributed by atoms with Crippen LogP contribution in [0.2, 0.25) is 5.02 Å². The van der Waals surface area contributed by atoms with Crippen molar-refractivity contribution >= 4 is 23.2 Å². The Bertz CT molecular complexity index is 674. The van der Waals surface area contributed by atoms with E-state index in [9.17, 15) is 4.39 Å². The molecule has 0 N–H and O–H groups in total. The molecule has 0 fully saturated rings. The molecule has 2 aromatic rings. The van der Waals surface area contributed by atoms with E-state index < -0.39 is 0 Å². The van der Waals surface area contributed by atoms with Crippen LogP contribution >= 0.6 is 23.2 Å². The first kappa shape index (κ1) is 14.5. The molecule has 0 bridgehead atoms. The number of benzene rings is 2. The highest BCUT2D eigenvalue weighted by Gasteiger charge is 2.18. The Morgan fingerprint density at radius 3 is 2.86 bits per heavy atom. The predicted molar refractivity (Wildman–Crippen MR) is 80.9 cm³/mol. The van der Waals surface area contributed by atoms with Gasteiger partial charge in [-0.2, -0.15) is 0 Å². The van der Waals surface area contributed by atoms with Crippen molar-refractivity contribution in [1.82, 2.24) is 0 Å². The lowest BCUT2D eigenvalue weighted by atomic mass is 10.1. The summed E-state index contributed by atoms with van der Waals surface area (Å²) in [6.07, 6.45) is 0.846. The molecule has 110 valence electrons. The largest absolute Gasteiger partial charge is 0.493 e. The Hall–Kier alpha value is -1.45. The van der Waals surface area contributed by atoms with Crippen LogP contribution in [-0.4, -0.2) is 6.61 Å². The van der Waals surface area contributed by atoms with Crippen LogP contribution in [0.5, 0.6) is 11.5 Å². The van der Waals surface area contributed by atoms with E-state index in [1.54, 1.807) is 6.07 Å². The highest BCUT2D eigenvalue weighted by atomic mass is 35.5. The summed E-state index contributed by atoms with van der Waals surface area (Å²) in [5, 5.41) is 0.651. The minimum absolute atomic E-state index is 0.240. The minimum atomic E-state index is -0.365. The molecule has 5 heteroatoms. The van der Waals surface area contributed by atoms with Crippen LogP contribution < -0.4 is 9.47 Å². The van der Waals surface area contributed by atoms with E-state index in [0.717, 1.165) is 23.3 Å². The maximum Gasteiger partial charge on any atom is 0.129 e. The molecule has 1 heterocycles. The molecule has 0 spiro atoms. The lowest BCUT2D eigenvalue weighted by molar-refractivity contribution is 0.290. The summed E-state index contributed by atoms with van der Waals surface area (Å²) in [6, 6.07) is 8.16. The van der Waals surface area contributed by atoms with Gasteiger partial charge < -0.3 is 9.47 Å². The third kappa shape index (κ3) is 3.25. The van der Waals surface area contributed by atoms with Crippen molar-refractivity contribution in [2.75, 3.05) is 6.61 Å². The fourth-order valence-corrected chi connectivity index (χ4v) is 2.81. The maximum atomic E-state index is 13.4. The third-order valence-electron chi connectivity index (χ3n) is 3.31. The highest BCUT2D eigenvalue weighted by Crippen LogP contribution is 2.33. The smallest absolute Gasteiger partial charge is 0.129 e. The fraction of sp³-hybridized carbons (Fsp3) is 0.250. The van der Waals surface area contributed by atoms with E-state index in [-0.39, 0.29) is 18.3 Å². The highest BCUT2D eigenvalue weighted by molar-refractivity contribution is 6.30. The second-order valence-corrected chi connectivity index (χ2v) is 5.57. The number of hydrogen-bond acceptors (Lipinski definition) is 2. The summed E-state index contributed by atoms with van der Waals surface area (Å²) in [5.74, 6) is 1.14. The zero-order valence-corrected chi connectivity index (χ0v) is 12.7. The lowest BCUT2D eigenvalue weighted by Gasteiger charge is -2.11. The SMILES string of the molecule is Fc1cc(CCl)cc(OCc2cc(Cl)cc3c2OCC3)c1. The van der Waals surface area contributed by atoms with Crippen molar-refractivity contribution in [1.29, 1.82) is 0 Å². The third-order valence-corrected chi connectivity index (χ3v) is 3.83. The molecular weight excluding hydrogens is 314 g/mol. The van der Waals surface area contributed by atoms with Gasteiger partial charge in [0.2, 0.25) is 0 Å². The van der Waals surface area contributed by atoms with Gasteiger partial charge in [-0.15, -0.1) is 11.6 Å². The van der Waals surface area contributed by atoms with Gasteiger partial charge in [-0.25, -0.2) is 4.39 Å². The van der Waals surface area contributed by atoms with E-state index in [2.05, 4.69) is 0 Å². The van der Waals surface area contributed by atoms with Gasteiger partial charge in [-0.3, -0.25) is 0 Å². The summed E-state index contributed by atoms with van der Waals surface area (Å²) in [4.78, 5) is 0. The summed E-state index contributed by atoms with van der Waals surface area (Å²) in [6.45, 7) is 0.924. The Balaban J connectivity index is 1.81.